The normalized spacial score (nSPS) is 58.4. The SMILES string of the molecule is C[C@@H]1CC[C@@]2(OC1)O[C@H]1CC3[C@@H]4CC[C@H]5C[C@@H](O)CC[C@]5(C)C4=CC(=O)[C@]3(C)[C@H]1[C@@H]2C. The summed E-state index contributed by atoms with van der Waals surface area (Å²) in [7, 11) is 0. The van der Waals surface area contributed by atoms with E-state index in [4.69, 9.17) is 9.47 Å². The predicted molar refractivity (Wildman–Crippen MR) is 118 cm³/mol. The number of hydrogen-bond acceptors (Lipinski definition) is 4. The first-order valence-electron chi connectivity index (χ1n) is 13.0. The quantitative estimate of drug-likeness (QED) is 0.597. The summed E-state index contributed by atoms with van der Waals surface area (Å²) in [6, 6.07) is 0. The van der Waals surface area contributed by atoms with Crippen molar-refractivity contribution in [2.24, 2.45) is 46.3 Å². The molecule has 4 nitrogen and oxygen atoms in total. The molecule has 0 radical (unpaired) electrons. The number of fused-ring (bicyclic) bond motifs is 7. The van der Waals surface area contributed by atoms with Gasteiger partial charge >= 0.3 is 0 Å². The predicted octanol–water partition coefficient (Wildman–Crippen LogP) is 4.89. The summed E-state index contributed by atoms with van der Waals surface area (Å²) in [5.41, 5.74) is 1.19. The van der Waals surface area contributed by atoms with Crippen molar-refractivity contribution in [2.75, 3.05) is 6.61 Å². The molecule has 31 heavy (non-hydrogen) atoms. The molecule has 2 heterocycles. The zero-order valence-electron chi connectivity index (χ0n) is 19.7. The maximum atomic E-state index is 13.9. The third kappa shape index (κ3) is 2.62. The summed E-state index contributed by atoms with van der Waals surface area (Å²) >= 11 is 0. The van der Waals surface area contributed by atoms with Gasteiger partial charge in [-0.1, -0.05) is 33.3 Å². The smallest absolute Gasteiger partial charge is 0.171 e. The average Bonchev–Trinajstić information content (AvgIpc) is 3.18. The van der Waals surface area contributed by atoms with Crippen molar-refractivity contribution in [3.63, 3.8) is 0 Å². The van der Waals surface area contributed by atoms with Crippen LogP contribution in [0.15, 0.2) is 11.6 Å². The molecule has 172 valence electrons. The van der Waals surface area contributed by atoms with Crippen molar-refractivity contribution in [1.29, 1.82) is 0 Å². The van der Waals surface area contributed by atoms with Gasteiger partial charge in [0.15, 0.2) is 11.6 Å². The first-order valence-corrected chi connectivity index (χ1v) is 13.0. The summed E-state index contributed by atoms with van der Waals surface area (Å²) in [6.07, 6.45) is 10.3. The molecule has 0 amide bonds. The highest BCUT2D eigenvalue weighted by Gasteiger charge is 2.70. The fourth-order valence-electron chi connectivity index (χ4n) is 9.28. The van der Waals surface area contributed by atoms with Gasteiger partial charge in [-0.25, -0.2) is 0 Å². The highest BCUT2D eigenvalue weighted by molar-refractivity contribution is 5.97. The van der Waals surface area contributed by atoms with Crippen LogP contribution >= 0.6 is 0 Å². The van der Waals surface area contributed by atoms with Crippen LogP contribution in [-0.4, -0.2) is 35.5 Å². The molecule has 4 heteroatoms. The van der Waals surface area contributed by atoms with E-state index in [1.54, 1.807) is 0 Å². The molecule has 1 N–H and O–H groups in total. The molecule has 0 bridgehead atoms. The van der Waals surface area contributed by atoms with Gasteiger partial charge in [-0.05, 0) is 80.1 Å². The molecule has 0 aromatic carbocycles. The number of aliphatic hydroxyl groups is 1. The van der Waals surface area contributed by atoms with Crippen molar-refractivity contribution in [2.45, 2.75) is 97.1 Å². The minimum Gasteiger partial charge on any atom is -0.393 e. The fraction of sp³-hybridized carbons (Fsp3) is 0.889. The Balaban J connectivity index is 1.34. The molecule has 6 rings (SSSR count). The summed E-state index contributed by atoms with van der Waals surface area (Å²) in [5, 5.41) is 10.3. The zero-order chi connectivity index (χ0) is 21.8. The van der Waals surface area contributed by atoms with Gasteiger partial charge in [0.25, 0.3) is 0 Å². The number of aliphatic hydroxyl groups excluding tert-OH is 1. The number of carbonyl (C=O) groups is 1. The van der Waals surface area contributed by atoms with Crippen molar-refractivity contribution in [1.82, 2.24) is 0 Å². The van der Waals surface area contributed by atoms with Crippen LogP contribution in [0.25, 0.3) is 0 Å². The topological polar surface area (TPSA) is 55.8 Å². The third-order valence-electron chi connectivity index (χ3n) is 11.2. The second-order valence-corrected chi connectivity index (χ2v) is 12.6. The monoisotopic (exact) mass is 428 g/mol. The van der Waals surface area contributed by atoms with E-state index in [1.165, 1.54) is 18.4 Å². The first-order chi connectivity index (χ1) is 14.7. The highest BCUT2D eigenvalue weighted by Crippen LogP contribution is 2.69. The minimum atomic E-state index is -0.469. The Hall–Kier alpha value is -0.710. The first kappa shape index (κ1) is 20.9. The molecule has 3 saturated carbocycles. The Kier molecular flexibility index (Phi) is 4.49. The molecule has 5 fully saturated rings. The van der Waals surface area contributed by atoms with Crippen LogP contribution in [0, 0.1) is 46.3 Å². The van der Waals surface area contributed by atoms with Gasteiger partial charge in [0.1, 0.15) is 0 Å². The molecule has 0 aromatic heterocycles. The summed E-state index contributed by atoms with van der Waals surface area (Å²) in [4.78, 5) is 13.9. The van der Waals surface area contributed by atoms with Gasteiger partial charge < -0.3 is 14.6 Å². The van der Waals surface area contributed by atoms with Gasteiger partial charge in [0, 0.05) is 23.7 Å². The minimum absolute atomic E-state index is 0.0904. The maximum absolute atomic E-state index is 13.9. The molecule has 4 aliphatic carbocycles. The van der Waals surface area contributed by atoms with E-state index in [9.17, 15) is 9.90 Å². The standard InChI is InChI=1S/C27H40O4/c1-15-7-10-27(30-14-15)16(2)24-22(31-27)12-21-19-6-5-17-11-18(28)8-9-25(17,3)20(19)13-23(29)26(21,24)4/h13,15-19,21-22,24,28H,5-12,14H2,1-4H3/t15-,16+,17+,18+,19-,21?,22+,24+,25+,26-,27-/m1/s1. The Morgan fingerprint density at radius 1 is 1.06 bits per heavy atom. The number of hydrogen-bond donors (Lipinski definition) is 1. The van der Waals surface area contributed by atoms with E-state index in [0.29, 0.717) is 29.5 Å². The lowest BCUT2D eigenvalue weighted by Gasteiger charge is -2.56. The maximum Gasteiger partial charge on any atom is 0.171 e. The lowest BCUT2D eigenvalue weighted by molar-refractivity contribution is -0.271. The van der Waals surface area contributed by atoms with Gasteiger partial charge in [-0.15, -0.1) is 0 Å². The summed E-state index contributed by atoms with van der Waals surface area (Å²) in [5.74, 6) is 2.41. The number of ether oxygens (including phenoxy) is 2. The van der Waals surface area contributed by atoms with Gasteiger partial charge in [-0.2, -0.15) is 0 Å². The molecule has 1 spiro atoms. The van der Waals surface area contributed by atoms with E-state index < -0.39 is 5.79 Å². The lowest BCUT2D eigenvalue weighted by atomic mass is 9.48. The average molecular weight is 429 g/mol. The van der Waals surface area contributed by atoms with E-state index >= 15 is 0 Å². The zero-order valence-corrected chi connectivity index (χ0v) is 19.7. The van der Waals surface area contributed by atoms with E-state index in [0.717, 1.165) is 45.1 Å². The number of ketones is 1. The van der Waals surface area contributed by atoms with Crippen LogP contribution in [0.4, 0.5) is 0 Å². The molecular formula is C27H40O4. The Labute approximate surface area is 187 Å². The Bertz CT molecular complexity index is 810. The van der Waals surface area contributed by atoms with Crippen molar-refractivity contribution < 1.29 is 19.4 Å². The fourth-order valence-corrected chi connectivity index (χ4v) is 9.28. The van der Waals surface area contributed by atoms with Gasteiger partial charge in [0.05, 0.1) is 18.8 Å². The third-order valence-corrected chi connectivity index (χ3v) is 11.2. The van der Waals surface area contributed by atoms with E-state index in [1.807, 2.05) is 0 Å². The second-order valence-electron chi connectivity index (χ2n) is 12.6. The van der Waals surface area contributed by atoms with E-state index in [-0.39, 0.29) is 34.9 Å². The van der Waals surface area contributed by atoms with Crippen LogP contribution < -0.4 is 0 Å². The summed E-state index contributed by atoms with van der Waals surface area (Å²) in [6.45, 7) is 9.97. The van der Waals surface area contributed by atoms with Gasteiger partial charge in [0.2, 0.25) is 0 Å². The molecule has 0 aromatic rings. The van der Waals surface area contributed by atoms with Crippen molar-refractivity contribution in [3.8, 4) is 0 Å². The van der Waals surface area contributed by atoms with E-state index in [2.05, 4.69) is 33.8 Å². The molecule has 2 saturated heterocycles. The van der Waals surface area contributed by atoms with Crippen LogP contribution in [0.2, 0.25) is 0 Å². The van der Waals surface area contributed by atoms with Crippen LogP contribution in [0.3, 0.4) is 0 Å². The Morgan fingerprint density at radius 3 is 2.61 bits per heavy atom. The second kappa shape index (κ2) is 6.67. The van der Waals surface area contributed by atoms with Crippen LogP contribution in [-0.2, 0) is 14.3 Å². The lowest BCUT2D eigenvalue weighted by Crippen LogP contribution is -2.53. The number of carbonyl (C=O) groups excluding carboxylic acids is 1. The molecule has 6 aliphatic rings. The molecule has 1 unspecified atom stereocenters. The molecule has 2 aliphatic heterocycles. The number of allylic oxidation sites excluding steroid dienone is 2. The molecule has 11 atom stereocenters. The van der Waals surface area contributed by atoms with Crippen LogP contribution in [0.5, 0.6) is 0 Å². The van der Waals surface area contributed by atoms with Crippen LogP contribution in [0.1, 0.15) is 79.1 Å². The Morgan fingerprint density at radius 2 is 1.87 bits per heavy atom. The van der Waals surface area contributed by atoms with Crippen molar-refractivity contribution >= 4 is 5.78 Å². The number of rotatable bonds is 0. The van der Waals surface area contributed by atoms with Crippen molar-refractivity contribution in [3.05, 3.63) is 11.6 Å². The van der Waals surface area contributed by atoms with Gasteiger partial charge in [-0.3, -0.25) is 4.79 Å². The summed E-state index contributed by atoms with van der Waals surface area (Å²) < 4.78 is 13.2. The largest absolute Gasteiger partial charge is 0.393 e. The highest BCUT2D eigenvalue weighted by atomic mass is 16.7. The molecular weight excluding hydrogens is 388 g/mol.